The first-order valence-electron chi connectivity index (χ1n) is 3.89. The van der Waals surface area contributed by atoms with Gasteiger partial charge in [-0.3, -0.25) is 5.41 Å². The molecule has 0 amide bonds. The molecule has 1 aromatic carbocycles. The minimum Gasteiger partial charge on any atom is -0.479 e. The summed E-state index contributed by atoms with van der Waals surface area (Å²) in [6, 6.07) is 7.24. The fourth-order valence-electron chi connectivity index (χ4n) is 0.642. The average molecular weight is 230 g/mol. The van der Waals surface area contributed by atoms with Gasteiger partial charge in [0.05, 0.1) is 0 Å². The molecule has 15 heavy (non-hydrogen) atoms. The molecule has 1 aromatic rings. The van der Waals surface area contributed by atoms with Crippen LogP contribution in [0.15, 0.2) is 24.3 Å². The summed E-state index contributed by atoms with van der Waals surface area (Å²) in [5, 5.41) is 14.7. The molecule has 0 radical (unpaired) electrons. The Morgan fingerprint density at radius 1 is 1.53 bits per heavy atom. The Morgan fingerprint density at radius 2 is 2.00 bits per heavy atom. The van der Waals surface area contributed by atoms with Gasteiger partial charge in [-0.05, 0) is 23.6 Å². The summed E-state index contributed by atoms with van der Waals surface area (Å²) in [5.41, 5.74) is 0.944. The first-order chi connectivity index (χ1) is 7.10. The number of hydrogen-bond acceptors (Lipinski definition) is 2. The summed E-state index contributed by atoms with van der Waals surface area (Å²) in [7, 11) is 0. The van der Waals surface area contributed by atoms with Crippen molar-refractivity contribution in [2.24, 2.45) is 0 Å². The van der Waals surface area contributed by atoms with Crippen LogP contribution in [0.1, 0.15) is 5.56 Å². The van der Waals surface area contributed by atoms with Crippen molar-refractivity contribution in [2.45, 2.75) is 0 Å². The maximum atomic E-state index is 10.5. The molecular weight excluding hydrogens is 221 g/mol. The summed E-state index contributed by atoms with van der Waals surface area (Å²) in [6.45, 7) is -1.28. The molecule has 0 bridgehead atoms. The molecule has 0 saturated heterocycles. The molecule has 0 atom stereocenters. The van der Waals surface area contributed by atoms with Gasteiger partial charge in [-0.1, -0.05) is 23.7 Å². The summed E-state index contributed by atoms with van der Waals surface area (Å²) in [4.78, 5) is 8.99. The van der Waals surface area contributed by atoms with Crippen LogP contribution in [-0.4, -0.2) is 23.6 Å². The topological polar surface area (TPSA) is 61.2 Å². The number of carboxylic acid groups (broad SMARTS) is 1. The van der Waals surface area contributed by atoms with Crippen LogP contribution in [0.3, 0.4) is 0 Å². The highest BCUT2D eigenvalue weighted by atomic mass is 35.5. The number of carbonyl (C=O) groups is 1. The summed E-state index contributed by atoms with van der Waals surface area (Å²) < 4.78 is 10.5. The maximum absolute atomic E-state index is 10.5. The van der Waals surface area contributed by atoms with Gasteiger partial charge in [0.15, 0.2) is 6.67 Å². The Hall–Kier alpha value is -1.64. The van der Waals surface area contributed by atoms with Crippen LogP contribution in [0.4, 0.5) is 4.39 Å². The molecule has 0 spiro atoms. The van der Waals surface area contributed by atoms with Crippen molar-refractivity contribution in [1.82, 2.24) is 0 Å². The molecule has 0 unspecified atom stereocenters. The lowest BCUT2D eigenvalue weighted by atomic mass is 10.2. The zero-order valence-corrected chi connectivity index (χ0v) is 8.46. The summed E-state index contributed by atoms with van der Waals surface area (Å²) in [5.74, 6) is 0.773. The molecule has 2 N–H and O–H groups in total. The van der Waals surface area contributed by atoms with Crippen molar-refractivity contribution in [1.29, 1.82) is 5.41 Å². The molecule has 3 nitrogen and oxygen atoms in total. The zero-order chi connectivity index (χ0) is 11.7. The van der Waals surface area contributed by atoms with Crippen LogP contribution in [0.5, 0.6) is 0 Å². The van der Waals surface area contributed by atoms with E-state index in [-0.39, 0.29) is 0 Å². The fraction of sp³-hybridized carbons (Fsp3) is 0.100. The quantitative estimate of drug-likeness (QED) is 0.766. The second-order valence-electron chi connectivity index (χ2n) is 2.37. The van der Waals surface area contributed by atoms with E-state index in [9.17, 15) is 4.39 Å². The third-order valence-electron chi connectivity index (χ3n) is 1.22. The van der Waals surface area contributed by atoms with E-state index in [4.69, 9.17) is 26.9 Å². The van der Waals surface area contributed by atoms with E-state index in [0.717, 1.165) is 5.56 Å². The molecule has 0 saturated carbocycles. The highest BCUT2D eigenvalue weighted by Crippen LogP contribution is 2.09. The molecule has 1 rings (SSSR count). The number of alkyl halides is 1. The van der Waals surface area contributed by atoms with Crippen LogP contribution in [0, 0.1) is 5.41 Å². The first-order valence-corrected chi connectivity index (χ1v) is 4.26. The first kappa shape index (κ1) is 13.4. The van der Waals surface area contributed by atoms with Gasteiger partial charge in [0.25, 0.3) is 0 Å². The van der Waals surface area contributed by atoms with E-state index in [1.165, 1.54) is 0 Å². The third-order valence-corrected chi connectivity index (χ3v) is 1.48. The van der Waals surface area contributed by atoms with Gasteiger partial charge in [0.2, 0.25) is 0 Å². The molecule has 80 valence electrons. The molecule has 0 heterocycles. The smallest absolute Gasteiger partial charge is 0.335 e. The second kappa shape index (κ2) is 7.74. The molecule has 0 aliphatic rings. The number of rotatable bonds is 2. The predicted molar refractivity (Wildman–Crippen MR) is 57.3 cm³/mol. The molecule has 5 heteroatoms. The predicted octanol–water partition coefficient (Wildman–Crippen LogP) is 2.64. The maximum Gasteiger partial charge on any atom is 0.335 e. The van der Waals surface area contributed by atoms with E-state index in [1.807, 2.05) is 12.1 Å². The van der Waals surface area contributed by atoms with Gasteiger partial charge in [-0.15, -0.1) is 0 Å². The summed E-state index contributed by atoms with van der Waals surface area (Å²) >= 11 is 5.63. The number of aliphatic carboxylic acids is 1. The monoisotopic (exact) mass is 229 g/mol. The van der Waals surface area contributed by atoms with Gasteiger partial charge in [-0.25, -0.2) is 9.18 Å². The number of benzene rings is 1. The number of carboxylic acids is 1. The Morgan fingerprint density at radius 3 is 2.33 bits per heavy atom. The van der Waals surface area contributed by atoms with E-state index >= 15 is 0 Å². The van der Waals surface area contributed by atoms with Gasteiger partial charge in [-0.2, -0.15) is 0 Å². The molecule has 0 aromatic heterocycles. The van der Waals surface area contributed by atoms with Gasteiger partial charge >= 0.3 is 5.97 Å². The standard InChI is InChI=1S/C8H6ClN.C2H3FO2/c9-8-3-1-7(2-4-8)5-6-10;3-1-2(4)5/h1-5,10H;1H2,(H,4,5). The van der Waals surface area contributed by atoms with Crippen molar-refractivity contribution in [3.63, 3.8) is 0 Å². The van der Waals surface area contributed by atoms with Gasteiger partial charge in [0, 0.05) is 11.1 Å². The Balaban J connectivity index is 0.000000336. The highest BCUT2D eigenvalue weighted by molar-refractivity contribution is 6.30. The van der Waals surface area contributed by atoms with E-state index in [1.54, 1.807) is 18.2 Å². The van der Waals surface area contributed by atoms with Crippen molar-refractivity contribution in [2.75, 3.05) is 6.67 Å². The van der Waals surface area contributed by atoms with Gasteiger partial charge in [0.1, 0.15) is 0 Å². The van der Waals surface area contributed by atoms with Crippen molar-refractivity contribution >= 4 is 29.5 Å². The van der Waals surface area contributed by atoms with Crippen molar-refractivity contribution < 1.29 is 14.3 Å². The number of hydrogen-bond donors (Lipinski definition) is 2. The van der Waals surface area contributed by atoms with Gasteiger partial charge < -0.3 is 5.11 Å². The van der Waals surface area contributed by atoms with E-state index < -0.39 is 12.6 Å². The zero-order valence-electron chi connectivity index (χ0n) is 7.71. The van der Waals surface area contributed by atoms with E-state index in [2.05, 4.69) is 5.87 Å². The lowest BCUT2D eigenvalue weighted by molar-refractivity contribution is -0.137. The van der Waals surface area contributed by atoms with Crippen molar-refractivity contribution in [3.05, 3.63) is 34.9 Å². The van der Waals surface area contributed by atoms with Crippen molar-refractivity contribution in [3.8, 4) is 0 Å². The third kappa shape index (κ3) is 7.43. The van der Waals surface area contributed by atoms with Crippen LogP contribution in [0.2, 0.25) is 5.02 Å². The minimum absolute atomic E-state index is 0.710. The van der Waals surface area contributed by atoms with Crippen LogP contribution in [-0.2, 0) is 4.79 Å². The molecule has 0 aliphatic carbocycles. The molecular formula is C10H9ClFNO2. The fourth-order valence-corrected chi connectivity index (χ4v) is 0.768. The average Bonchev–Trinajstić information content (AvgIpc) is 2.23. The van der Waals surface area contributed by atoms with Crippen LogP contribution in [0.25, 0.3) is 6.08 Å². The minimum atomic E-state index is -1.41. The van der Waals surface area contributed by atoms with Crippen LogP contribution >= 0.6 is 11.6 Å². The lowest BCUT2D eigenvalue weighted by Gasteiger charge is -1.89. The number of nitrogens with one attached hydrogen (secondary N) is 1. The number of halogens is 2. The SMILES string of the molecule is N=C=Cc1ccc(Cl)cc1.O=C(O)CF. The Labute approximate surface area is 91.3 Å². The highest BCUT2D eigenvalue weighted by Gasteiger charge is 1.85. The lowest BCUT2D eigenvalue weighted by Crippen LogP contribution is -1.93. The van der Waals surface area contributed by atoms with E-state index in [0.29, 0.717) is 5.02 Å². The van der Waals surface area contributed by atoms with Crippen LogP contribution < -0.4 is 0 Å². The molecule has 0 aliphatic heterocycles. The Bertz CT molecular complexity index is 358. The second-order valence-corrected chi connectivity index (χ2v) is 2.80. The Kier molecular flexibility index (Phi) is 6.89. The molecule has 0 fully saturated rings. The largest absolute Gasteiger partial charge is 0.479 e. The summed E-state index contributed by atoms with van der Waals surface area (Å²) in [6.07, 6.45) is 1.58. The normalized spacial score (nSPS) is 8.13.